The van der Waals surface area contributed by atoms with Gasteiger partial charge in [0.15, 0.2) is 0 Å². The summed E-state index contributed by atoms with van der Waals surface area (Å²) in [5, 5.41) is 6.99. The summed E-state index contributed by atoms with van der Waals surface area (Å²) in [5.74, 6) is 0.565. The van der Waals surface area contributed by atoms with E-state index < -0.39 is 18.1 Å². The van der Waals surface area contributed by atoms with Crippen molar-refractivity contribution in [3.05, 3.63) is 68.7 Å². The number of nitrogens with zero attached hydrogens (tertiary/aromatic N) is 2. The van der Waals surface area contributed by atoms with Crippen molar-refractivity contribution in [3.8, 4) is 0 Å². The van der Waals surface area contributed by atoms with Crippen molar-refractivity contribution < 1.29 is 18.0 Å². The molecular formula is C24H23Cl2F3N4O. The Morgan fingerprint density at radius 2 is 1.91 bits per heavy atom. The number of halogens is 5. The maximum absolute atomic E-state index is 14.3. The van der Waals surface area contributed by atoms with Gasteiger partial charge in [0.1, 0.15) is 5.41 Å². The quantitative estimate of drug-likeness (QED) is 0.361. The van der Waals surface area contributed by atoms with E-state index in [2.05, 4.69) is 20.8 Å². The molecule has 1 fully saturated rings. The lowest BCUT2D eigenvalue weighted by molar-refractivity contribution is -0.183. The summed E-state index contributed by atoms with van der Waals surface area (Å²) >= 11 is 12.0. The van der Waals surface area contributed by atoms with E-state index in [1.165, 1.54) is 24.4 Å². The fourth-order valence-corrected chi connectivity index (χ4v) is 4.48. The molecule has 2 aliphatic rings. The first-order valence-corrected chi connectivity index (χ1v) is 11.6. The highest BCUT2D eigenvalue weighted by atomic mass is 35.5. The Bertz CT molecular complexity index is 1140. The molecule has 34 heavy (non-hydrogen) atoms. The van der Waals surface area contributed by atoms with E-state index in [1.807, 2.05) is 6.92 Å². The van der Waals surface area contributed by atoms with E-state index in [1.54, 1.807) is 18.2 Å². The Balaban J connectivity index is 1.48. The summed E-state index contributed by atoms with van der Waals surface area (Å²) in [6, 6.07) is 8.85. The Hall–Kier alpha value is -2.58. The van der Waals surface area contributed by atoms with Crippen LogP contribution in [0.2, 0.25) is 10.0 Å². The van der Waals surface area contributed by atoms with E-state index in [-0.39, 0.29) is 28.1 Å². The number of amides is 2. The molecule has 1 heterocycles. The van der Waals surface area contributed by atoms with Crippen molar-refractivity contribution in [2.45, 2.75) is 37.8 Å². The predicted molar refractivity (Wildman–Crippen MR) is 128 cm³/mol. The first kappa shape index (κ1) is 24.5. The van der Waals surface area contributed by atoms with Crippen LogP contribution in [0.4, 0.5) is 18.0 Å². The summed E-state index contributed by atoms with van der Waals surface area (Å²) < 4.78 is 42.9. The molecule has 1 aliphatic carbocycles. The molecule has 1 atom stereocenters. The molecule has 5 nitrogen and oxygen atoms in total. The zero-order valence-electron chi connectivity index (χ0n) is 18.3. The third-order valence-electron chi connectivity index (χ3n) is 6.19. The Morgan fingerprint density at radius 3 is 2.53 bits per heavy atom. The SMILES string of the molecule is Cc1cc(C2=NCC(c3cc(Cl)cc(Cl)c3)(C(F)(F)F)C2)ccc1/C=N/NC(=O)NCC1CC1. The van der Waals surface area contributed by atoms with Crippen molar-refractivity contribution in [2.75, 3.05) is 13.1 Å². The molecule has 0 bridgehead atoms. The third kappa shape index (κ3) is 5.39. The second kappa shape index (κ2) is 9.58. The molecule has 1 unspecified atom stereocenters. The number of aliphatic imine (C=N–C) groups is 1. The van der Waals surface area contributed by atoms with Gasteiger partial charge in [-0.3, -0.25) is 4.99 Å². The van der Waals surface area contributed by atoms with Crippen LogP contribution in [-0.4, -0.2) is 37.2 Å². The number of nitrogens with one attached hydrogen (secondary N) is 2. The van der Waals surface area contributed by atoms with Crippen LogP contribution in [0, 0.1) is 12.8 Å². The van der Waals surface area contributed by atoms with Gasteiger partial charge >= 0.3 is 12.2 Å². The molecule has 0 spiro atoms. The normalized spacial score (nSPS) is 20.5. The molecule has 10 heteroatoms. The molecule has 1 aliphatic heterocycles. The lowest BCUT2D eigenvalue weighted by Crippen LogP contribution is -2.43. The van der Waals surface area contributed by atoms with Crippen LogP contribution < -0.4 is 10.7 Å². The maximum Gasteiger partial charge on any atom is 0.400 e. The number of hydrogen-bond acceptors (Lipinski definition) is 3. The number of urea groups is 1. The van der Waals surface area contributed by atoms with Gasteiger partial charge in [-0.15, -0.1) is 0 Å². The molecule has 4 rings (SSSR count). The number of carbonyl (C=O) groups excluding carboxylic acids is 1. The third-order valence-corrected chi connectivity index (χ3v) is 6.62. The van der Waals surface area contributed by atoms with E-state index in [0.29, 0.717) is 23.7 Å². The number of hydrogen-bond donors (Lipinski definition) is 2. The fraction of sp³-hybridized carbons (Fsp3) is 0.375. The molecule has 0 radical (unpaired) electrons. The standard InChI is InChI=1S/C24H23Cl2F3N4O/c1-14-6-16(4-5-17(14)12-32-33-22(34)30-11-15-2-3-15)21-10-23(13-31-21,24(27,28)29)18-7-19(25)9-20(26)8-18/h4-9,12,15H,2-3,10-11,13H2,1H3,(H2,30,33,34)/b32-12+. The highest BCUT2D eigenvalue weighted by molar-refractivity contribution is 6.34. The van der Waals surface area contributed by atoms with Gasteiger partial charge in [-0.1, -0.05) is 35.3 Å². The first-order valence-electron chi connectivity index (χ1n) is 10.8. The van der Waals surface area contributed by atoms with Gasteiger partial charge in [0.25, 0.3) is 0 Å². The largest absolute Gasteiger partial charge is 0.400 e. The lowest BCUT2D eigenvalue weighted by Gasteiger charge is -2.31. The van der Waals surface area contributed by atoms with Gasteiger partial charge in [-0.25, -0.2) is 10.2 Å². The van der Waals surface area contributed by atoms with Crippen LogP contribution in [0.15, 0.2) is 46.5 Å². The van der Waals surface area contributed by atoms with E-state index in [0.717, 1.165) is 24.0 Å². The van der Waals surface area contributed by atoms with Gasteiger partial charge in [0.05, 0.1) is 12.8 Å². The molecule has 2 aromatic rings. The number of alkyl halides is 3. The summed E-state index contributed by atoms with van der Waals surface area (Å²) in [5.41, 5.74) is 2.71. The highest BCUT2D eigenvalue weighted by Gasteiger charge is 2.58. The minimum absolute atomic E-state index is 0.00256. The van der Waals surface area contributed by atoms with Crippen LogP contribution in [0.25, 0.3) is 0 Å². The zero-order chi connectivity index (χ0) is 24.5. The van der Waals surface area contributed by atoms with Gasteiger partial charge in [0.2, 0.25) is 0 Å². The lowest BCUT2D eigenvalue weighted by atomic mass is 9.76. The summed E-state index contributed by atoms with van der Waals surface area (Å²) in [6.07, 6.45) is -1.09. The van der Waals surface area contributed by atoms with Crippen molar-refractivity contribution in [3.63, 3.8) is 0 Å². The molecule has 0 aromatic heterocycles. The highest BCUT2D eigenvalue weighted by Crippen LogP contribution is 2.48. The molecule has 180 valence electrons. The van der Waals surface area contributed by atoms with Gasteiger partial charge in [-0.05, 0) is 72.2 Å². The Kier molecular flexibility index (Phi) is 6.92. The van der Waals surface area contributed by atoms with Gasteiger partial charge < -0.3 is 5.32 Å². The topological polar surface area (TPSA) is 65.8 Å². The second-order valence-electron chi connectivity index (χ2n) is 8.77. The van der Waals surface area contributed by atoms with Crippen LogP contribution in [-0.2, 0) is 5.41 Å². The minimum atomic E-state index is -4.54. The monoisotopic (exact) mass is 510 g/mol. The van der Waals surface area contributed by atoms with Crippen molar-refractivity contribution in [1.82, 2.24) is 10.7 Å². The molecule has 2 N–H and O–H groups in total. The number of rotatable bonds is 6. The molecule has 1 saturated carbocycles. The number of benzene rings is 2. The summed E-state index contributed by atoms with van der Waals surface area (Å²) in [7, 11) is 0. The molecule has 2 aromatic carbocycles. The van der Waals surface area contributed by atoms with Gasteiger partial charge in [-0.2, -0.15) is 18.3 Å². The zero-order valence-corrected chi connectivity index (χ0v) is 19.9. The Labute approximate surface area is 205 Å². The van der Waals surface area contributed by atoms with Crippen molar-refractivity contribution in [2.24, 2.45) is 16.0 Å². The average Bonchev–Trinajstić information content (AvgIpc) is 3.47. The van der Waals surface area contributed by atoms with E-state index >= 15 is 0 Å². The summed E-state index contributed by atoms with van der Waals surface area (Å²) in [4.78, 5) is 16.0. The van der Waals surface area contributed by atoms with Crippen LogP contribution in [0.3, 0.4) is 0 Å². The van der Waals surface area contributed by atoms with Crippen molar-refractivity contribution in [1.29, 1.82) is 0 Å². The molecular weight excluding hydrogens is 488 g/mol. The van der Waals surface area contributed by atoms with Gasteiger partial charge in [0, 0.05) is 28.7 Å². The number of aryl methyl sites for hydroxylation is 1. The van der Waals surface area contributed by atoms with E-state index in [9.17, 15) is 18.0 Å². The van der Waals surface area contributed by atoms with E-state index in [4.69, 9.17) is 23.2 Å². The predicted octanol–water partition coefficient (Wildman–Crippen LogP) is 6.04. The Morgan fingerprint density at radius 1 is 1.21 bits per heavy atom. The number of carbonyl (C=O) groups is 1. The second-order valence-corrected chi connectivity index (χ2v) is 9.65. The van der Waals surface area contributed by atoms with Crippen molar-refractivity contribution >= 4 is 41.2 Å². The molecule has 0 saturated heterocycles. The minimum Gasteiger partial charge on any atom is -0.336 e. The van der Waals surface area contributed by atoms with Crippen LogP contribution in [0.5, 0.6) is 0 Å². The fourth-order valence-electron chi connectivity index (χ4n) is 3.96. The maximum atomic E-state index is 14.3. The first-order chi connectivity index (χ1) is 16.1. The molecule has 2 amide bonds. The average molecular weight is 511 g/mol. The van der Waals surface area contributed by atoms with Crippen LogP contribution >= 0.6 is 23.2 Å². The number of hydrazone groups is 1. The smallest absolute Gasteiger partial charge is 0.336 e. The van der Waals surface area contributed by atoms with Crippen LogP contribution in [0.1, 0.15) is 41.5 Å². The summed E-state index contributed by atoms with van der Waals surface area (Å²) in [6.45, 7) is 2.02.